The van der Waals surface area contributed by atoms with Crippen molar-refractivity contribution in [2.75, 3.05) is 19.8 Å². The van der Waals surface area contributed by atoms with E-state index in [1.54, 1.807) is 12.1 Å². The van der Waals surface area contributed by atoms with Gasteiger partial charge >= 0.3 is 0 Å². The number of aromatic hydroxyl groups is 1. The minimum atomic E-state index is -0.0678. The molecule has 4 rings (SSSR count). The van der Waals surface area contributed by atoms with Gasteiger partial charge in [-0.05, 0) is 49.5 Å². The van der Waals surface area contributed by atoms with Crippen molar-refractivity contribution < 1.29 is 19.4 Å². The number of aromatic nitrogens is 2. The lowest BCUT2D eigenvalue weighted by Crippen LogP contribution is -2.23. The first-order chi connectivity index (χ1) is 12.8. The van der Waals surface area contributed by atoms with Crippen molar-refractivity contribution in [2.45, 2.75) is 31.7 Å². The summed E-state index contributed by atoms with van der Waals surface area (Å²) in [6, 6.07) is 7.36. The molecule has 1 saturated carbocycles. The van der Waals surface area contributed by atoms with Crippen LogP contribution in [0.3, 0.4) is 0 Å². The zero-order chi connectivity index (χ0) is 17.9. The van der Waals surface area contributed by atoms with Crippen LogP contribution < -0.4 is 4.74 Å². The van der Waals surface area contributed by atoms with Gasteiger partial charge in [-0.2, -0.15) is 5.10 Å². The van der Waals surface area contributed by atoms with Crippen molar-refractivity contribution in [3.05, 3.63) is 47.3 Å². The molecule has 26 heavy (non-hydrogen) atoms. The second-order valence-electron chi connectivity index (χ2n) is 6.73. The molecule has 1 aliphatic heterocycles. The summed E-state index contributed by atoms with van der Waals surface area (Å²) in [5.41, 5.74) is 3.55. The molecule has 1 aliphatic carbocycles. The topological polar surface area (TPSA) is 73.6 Å². The lowest BCUT2D eigenvalue weighted by molar-refractivity contribution is 0.111. The number of benzene rings is 1. The molecule has 2 heterocycles. The predicted octanol–water partition coefficient (Wildman–Crippen LogP) is 3.38. The van der Waals surface area contributed by atoms with E-state index in [2.05, 4.69) is 9.78 Å². The summed E-state index contributed by atoms with van der Waals surface area (Å²) in [4.78, 5) is 11.2. The highest BCUT2D eigenvalue weighted by molar-refractivity contribution is 5.83. The lowest BCUT2D eigenvalue weighted by Gasteiger charge is -2.29. The average molecular weight is 354 g/mol. The highest BCUT2D eigenvalue weighted by atomic mass is 16.5. The Balaban J connectivity index is 1.60. The van der Waals surface area contributed by atoms with E-state index >= 15 is 0 Å². The average Bonchev–Trinajstić information content (AvgIpc) is 3.07. The summed E-state index contributed by atoms with van der Waals surface area (Å²) < 4.78 is 13.7. The van der Waals surface area contributed by atoms with E-state index in [-0.39, 0.29) is 11.3 Å². The Morgan fingerprint density at radius 3 is 3.00 bits per heavy atom. The van der Waals surface area contributed by atoms with Gasteiger partial charge in [0.25, 0.3) is 0 Å². The van der Waals surface area contributed by atoms with Gasteiger partial charge in [-0.15, -0.1) is 0 Å². The fraction of sp³-hybridized carbons (Fsp3) is 0.400. The van der Waals surface area contributed by atoms with E-state index in [1.165, 1.54) is 25.3 Å². The Morgan fingerprint density at radius 2 is 2.23 bits per heavy atom. The normalized spacial score (nSPS) is 17.8. The van der Waals surface area contributed by atoms with Crippen LogP contribution in [0.25, 0.3) is 5.57 Å². The maximum Gasteiger partial charge on any atom is 0.157 e. The predicted molar refractivity (Wildman–Crippen MR) is 96.5 cm³/mol. The molecule has 1 N–H and O–H groups in total. The largest absolute Gasteiger partial charge is 0.507 e. The molecule has 0 radical (unpaired) electrons. The molecule has 6 heteroatoms. The van der Waals surface area contributed by atoms with Crippen LogP contribution in [-0.4, -0.2) is 41.0 Å². The van der Waals surface area contributed by atoms with Crippen molar-refractivity contribution in [1.82, 2.24) is 9.78 Å². The van der Waals surface area contributed by atoms with Crippen molar-refractivity contribution in [1.29, 1.82) is 0 Å². The summed E-state index contributed by atoms with van der Waals surface area (Å²) in [7, 11) is 0. The van der Waals surface area contributed by atoms with Gasteiger partial charge in [-0.1, -0.05) is 6.07 Å². The smallest absolute Gasteiger partial charge is 0.157 e. The summed E-state index contributed by atoms with van der Waals surface area (Å²) in [5, 5.41) is 14.3. The molecule has 1 fully saturated rings. The minimum absolute atomic E-state index is 0.0678. The van der Waals surface area contributed by atoms with Crippen LogP contribution in [-0.2, 0) is 4.74 Å². The fourth-order valence-corrected chi connectivity index (χ4v) is 3.45. The Kier molecular flexibility index (Phi) is 4.75. The summed E-state index contributed by atoms with van der Waals surface area (Å²) in [6.07, 6.45) is 6.83. The third-order valence-corrected chi connectivity index (χ3v) is 5.18. The molecule has 0 saturated heterocycles. The van der Waals surface area contributed by atoms with Gasteiger partial charge in [-0.3, -0.25) is 9.48 Å². The first kappa shape index (κ1) is 16.8. The number of hydrogen-bond donors (Lipinski definition) is 1. The monoisotopic (exact) mass is 354 g/mol. The summed E-state index contributed by atoms with van der Waals surface area (Å²) in [5.74, 6) is 0.326. The van der Waals surface area contributed by atoms with Gasteiger partial charge < -0.3 is 14.6 Å². The van der Waals surface area contributed by atoms with Gasteiger partial charge in [0, 0.05) is 11.8 Å². The molecule has 0 amide bonds. The van der Waals surface area contributed by atoms with Crippen LogP contribution in [0.4, 0.5) is 0 Å². The van der Waals surface area contributed by atoms with E-state index in [0.717, 1.165) is 23.3 Å². The van der Waals surface area contributed by atoms with Crippen LogP contribution >= 0.6 is 0 Å². The third-order valence-electron chi connectivity index (χ3n) is 5.18. The van der Waals surface area contributed by atoms with E-state index in [1.807, 2.05) is 12.3 Å². The van der Waals surface area contributed by atoms with E-state index in [4.69, 9.17) is 9.47 Å². The second-order valence-corrected chi connectivity index (χ2v) is 6.73. The van der Waals surface area contributed by atoms with Crippen molar-refractivity contribution in [3.8, 4) is 11.5 Å². The zero-order valence-corrected chi connectivity index (χ0v) is 14.6. The lowest BCUT2D eigenvalue weighted by atomic mass is 9.92. The first-order valence-corrected chi connectivity index (χ1v) is 9.00. The first-order valence-electron chi connectivity index (χ1n) is 9.00. The Labute approximate surface area is 152 Å². The van der Waals surface area contributed by atoms with Crippen molar-refractivity contribution in [3.63, 3.8) is 0 Å². The molecule has 2 aliphatic rings. The molecule has 0 bridgehead atoms. The van der Waals surface area contributed by atoms with Gasteiger partial charge in [0.2, 0.25) is 0 Å². The van der Waals surface area contributed by atoms with Crippen LogP contribution in [0.1, 0.15) is 47.8 Å². The zero-order valence-electron chi connectivity index (χ0n) is 14.6. The van der Waals surface area contributed by atoms with E-state index in [9.17, 15) is 9.90 Å². The fourth-order valence-electron chi connectivity index (χ4n) is 3.45. The highest BCUT2D eigenvalue weighted by Crippen LogP contribution is 2.35. The van der Waals surface area contributed by atoms with Gasteiger partial charge in [0.1, 0.15) is 18.1 Å². The number of phenols is 1. The van der Waals surface area contributed by atoms with E-state index in [0.29, 0.717) is 37.9 Å². The molecule has 1 aromatic carbocycles. The molecule has 1 aromatic heterocycles. The summed E-state index contributed by atoms with van der Waals surface area (Å²) in [6.45, 7) is 1.55. The van der Waals surface area contributed by atoms with Crippen molar-refractivity contribution in [2.24, 2.45) is 0 Å². The number of hydrogen-bond acceptors (Lipinski definition) is 5. The number of carbonyl (C=O) groups excluding carboxylic acids is 1. The maximum atomic E-state index is 11.2. The number of rotatable bonds is 6. The summed E-state index contributed by atoms with van der Waals surface area (Å²) >= 11 is 0. The van der Waals surface area contributed by atoms with E-state index < -0.39 is 0 Å². The van der Waals surface area contributed by atoms with Crippen LogP contribution in [0, 0.1) is 0 Å². The Bertz CT molecular complexity index is 836. The molecule has 0 spiro atoms. The molecule has 0 atom stereocenters. The maximum absolute atomic E-state index is 11.2. The number of nitrogens with zero attached hydrogens (tertiary/aromatic N) is 2. The SMILES string of the molecule is O=Cc1c(O)cccc1OCC1=C(c2ccnn2C2CCC2)COCC1. The molecular weight excluding hydrogens is 332 g/mol. The van der Waals surface area contributed by atoms with Gasteiger partial charge in [0.15, 0.2) is 6.29 Å². The van der Waals surface area contributed by atoms with Gasteiger partial charge in [-0.25, -0.2) is 0 Å². The molecule has 0 unspecified atom stereocenters. The van der Waals surface area contributed by atoms with Crippen LogP contribution in [0.15, 0.2) is 36.0 Å². The Hall–Kier alpha value is -2.60. The number of ether oxygens (including phenoxy) is 2. The Morgan fingerprint density at radius 1 is 1.35 bits per heavy atom. The molecule has 6 nitrogen and oxygen atoms in total. The second kappa shape index (κ2) is 7.33. The number of phenolic OH excluding ortho intramolecular Hbond substituents is 1. The quantitative estimate of drug-likeness (QED) is 0.805. The van der Waals surface area contributed by atoms with Crippen LogP contribution in [0.2, 0.25) is 0 Å². The molecular formula is C20H22N2O4. The third kappa shape index (κ3) is 3.12. The van der Waals surface area contributed by atoms with Crippen molar-refractivity contribution >= 4 is 11.9 Å². The van der Waals surface area contributed by atoms with Crippen LogP contribution in [0.5, 0.6) is 11.5 Å². The minimum Gasteiger partial charge on any atom is -0.507 e. The molecule has 136 valence electrons. The van der Waals surface area contributed by atoms with Gasteiger partial charge in [0.05, 0.1) is 30.5 Å². The highest BCUT2D eigenvalue weighted by Gasteiger charge is 2.25. The molecule has 2 aromatic rings. The number of carbonyl (C=O) groups is 1. The standard InChI is InChI=1S/C20H22N2O4/c23-11-16-19(24)5-2-6-20(16)26-12-14-8-10-25-13-17(14)18-7-9-21-22(18)15-3-1-4-15/h2,5-7,9,11,15,24H,1,3-4,8,10,12-13H2. The number of aldehydes is 1.